The summed E-state index contributed by atoms with van der Waals surface area (Å²) in [6.07, 6.45) is 6.57. The molecule has 3 amide bonds. The highest BCUT2D eigenvalue weighted by Crippen LogP contribution is 2.06. The second kappa shape index (κ2) is 16.0. The summed E-state index contributed by atoms with van der Waals surface area (Å²) in [6, 6.07) is -4.49. The van der Waals surface area contributed by atoms with Gasteiger partial charge in [-0.25, -0.2) is 9.78 Å². The van der Waals surface area contributed by atoms with Crippen molar-refractivity contribution in [3.63, 3.8) is 0 Å². The van der Waals surface area contributed by atoms with Gasteiger partial charge in [-0.3, -0.25) is 14.4 Å². The molecule has 13 nitrogen and oxygen atoms in total. The zero-order valence-electron chi connectivity index (χ0n) is 19.2. The second-order valence-corrected chi connectivity index (χ2v) is 8.64. The van der Waals surface area contributed by atoms with Crippen LogP contribution in [0.25, 0.3) is 0 Å². The molecule has 0 aliphatic carbocycles. The number of carbonyl (C=O) groups is 4. The number of nitrogens with zero attached hydrogens (tertiary/aromatic N) is 1. The number of amides is 3. The van der Waals surface area contributed by atoms with E-state index >= 15 is 0 Å². The molecule has 4 atom stereocenters. The Morgan fingerprint density at radius 2 is 1.71 bits per heavy atom. The predicted molar refractivity (Wildman–Crippen MR) is 127 cm³/mol. The van der Waals surface area contributed by atoms with Crippen LogP contribution in [0.4, 0.5) is 0 Å². The van der Waals surface area contributed by atoms with E-state index in [0.717, 1.165) is 0 Å². The van der Waals surface area contributed by atoms with Crippen molar-refractivity contribution >= 4 is 35.5 Å². The Bertz CT molecular complexity index is 779. The first-order chi connectivity index (χ1) is 16.2. The first kappa shape index (κ1) is 29.4. The number of carboxylic acid groups (broad SMARTS) is 1. The first-order valence-electron chi connectivity index (χ1n) is 10.9. The summed E-state index contributed by atoms with van der Waals surface area (Å²) in [7, 11) is 0. The molecule has 0 aliphatic heterocycles. The van der Waals surface area contributed by atoms with Crippen molar-refractivity contribution in [2.75, 3.05) is 25.2 Å². The van der Waals surface area contributed by atoms with E-state index in [4.69, 9.17) is 16.6 Å². The van der Waals surface area contributed by atoms with Gasteiger partial charge >= 0.3 is 5.97 Å². The number of hydrogen-bond donors (Lipinski definition) is 8. The van der Waals surface area contributed by atoms with Crippen LogP contribution in [0.15, 0.2) is 12.5 Å². The Hall–Kier alpha value is -2.68. The summed E-state index contributed by atoms with van der Waals surface area (Å²) in [5, 5.41) is 25.7. The van der Waals surface area contributed by atoms with Crippen LogP contribution in [-0.2, 0) is 25.6 Å². The quantitative estimate of drug-likeness (QED) is 0.106. The Balaban J connectivity index is 2.98. The Kier molecular flexibility index (Phi) is 13.8. The Labute approximate surface area is 202 Å². The van der Waals surface area contributed by atoms with E-state index in [1.165, 1.54) is 12.5 Å². The zero-order valence-corrected chi connectivity index (χ0v) is 20.0. The number of unbranched alkanes of at least 4 members (excludes halogenated alkanes) is 1. The van der Waals surface area contributed by atoms with Crippen LogP contribution >= 0.6 is 11.8 Å². The molecule has 192 valence electrons. The lowest BCUT2D eigenvalue weighted by Crippen LogP contribution is -2.58. The van der Waals surface area contributed by atoms with Crippen LogP contribution in [0.2, 0.25) is 0 Å². The monoisotopic (exact) mass is 501 g/mol. The lowest BCUT2D eigenvalue weighted by molar-refractivity contribution is -0.143. The summed E-state index contributed by atoms with van der Waals surface area (Å²) >= 11 is 1.54. The summed E-state index contributed by atoms with van der Waals surface area (Å²) in [5.74, 6) is -2.67. The van der Waals surface area contributed by atoms with E-state index in [2.05, 4.69) is 25.9 Å². The molecule has 34 heavy (non-hydrogen) atoms. The number of aliphatic hydroxyl groups is 1. The number of carboxylic acids is 1. The molecule has 0 fully saturated rings. The minimum Gasteiger partial charge on any atom is -0.480 e. The molecule has 4 unspecified atom stereocenters. The van der Waals surface area contributed by atoms with E-state index in [1.807, 2.05) is 6.26 Å². The van der Waals surface area contributed by atoms with Gasteiger partial charge in [0.05, 0.1) is 19.0 Å². The number of carbonyl (C=O) groups excluding carboxylic acids is 3. The molecule has 0 saturated carbocycles. The Morgan fingerprint density at radius 1 is 1.06 bits per heavy atom. The molecular formula is C20H35N7O6S. The molecule has 0 spiro atoms. The van der Waals surface area contributed by atoms with Gasteiger partial charge in [-0.1, -0.05) is 0 Å². The SMILES string of the molecule is CSCCC(N)C(=O)NC(Cc1cnc[nH]1)C(=O)NC(CCCCN)C(=O)NC(CO)C(=O)O. The minimum atomic E-state index is -1.52. The van der Waals surface area contributed by atoms with Gasteiger partial charge in [0.1, 0.15) is 18.1 Å². The maximum absolute atomic E-state index is 13.1. The molecule has 0 aromatic carbocycles. The van der Waals surface area contributed by atoms with Crippen LogP contribution in [-0.4, -0.2) is 93.2 Å². The fraction of sp³-hybridized carbons (Fsp3) is 0.650. The van der Waals surface area contributed by atoms with Gasteiger partial charge in [0, 0.05) is 18.3 Å². The number of aliphatic hydroxyl groups excluding tert-OH is 1. The molecule has 0 bridgehead atoms. The van der Waals surface area contributed by atoms with Gasteiger partial charge in [-0.15, -0.1) is 0 Å². The highest BCUT2D eigenvalue weighted by molar-refractivity contribution is 7.98. The topological polar surface area (TPSA) is 226 Å². The van der Waals surface area contributed by atoms with Crippen LogP contribution in [0.3, 0.4) is 0 Å². The normalized spacial score (nSPS) is 14.5. The third-order valence-electron chi connectivity index (χ3n) is 4.96. The number of aliphatic carboxylic acids is 1. The molecule has 1 heterocycles. The number of aromatic nitrogens is 2. The van der Waals surface area contributed by atoms with Crippen molar-refractivity contribution in [2.45, 2.75) is 56.3 Å². The number of aromatic amines is 1. The third kappa shape index (κ3) is 10.5. The van der Waals surface area contributed by atoms with Crippen LogP contribution in [0.1, 0.15) is 31.4 Å². The number of thioether (sulfide) groups is 1. The van der Waals surface area contributed by atoms with E-state index in [0.29, 0.717) is 37.3 Å². The number of hydrogen-bond acceptors (Lipinski definition) is 9. The number of nitrogens with one attached hydrogen (secondary N) is 4. The number of nitrogens with two attached hydrogens (primary N) is 2. The van der Waals surface area contributed by atoms with E-state index in [1.54, 1.807) is 11.8 Å². The first-order valence-corrected chi connectivity index (χ1v) is 12.3. The van der Waals surface area contributed by atoms with Crippen molar-refractivity contribution in [3.05, 3.63) is 18.2 Å². The van der Waals surface area contributed by atoms with Crippen LogP contribution in [0.5, 0.6) is 0 Å². The fourth-order valence-corrected chi connectivity index (χ4v) is 3.46. The lowest BCUT2D eigenvalue weighted by Gasteiger charge is -2.25. The zero-order chi connectivity index (χ0) is 25.5. The number of rotatable bonds is 17. The summed E-state index contributed by atoms with van der Waals surface area (Å²) in [6.45, 7) is -0.430. The highest BCUT2D eigenvalue weighted by atomic mass is 32.2. The molecule has 14 heteroatoms. The molecule has 0 saturated heterocycles. The average molecular weight is 502 g/mol. The highest BCUT2D eigenvalue weighted by Gasteiger charge is 2.30. The third-order valence-corrected chi connectivity index (χ3v) is 5.60. The van der Waals surface area contributed by atoms with Crippen LogP contribution in [0, 0.1) is 0 Å². The second-order valence-electron chi connectivity index (χ2n) is 7.66. The van der Waals surface area contributed by atoms with Gasteiger partial charge in [-0.05, 0) is 44.2 Å². The van der Waals surface area contributed by atoms with Crippen molar-refractivity contribution < 1.29 is 29.4 Å². The minimum absolute atomic E-state index is 0.0678. The van der Waals surface area contributed by atoms with Crippen molar-refractivity contribution in [1.82, 2.24) is 25.9 Å². The van der Waals surface area contributed by atoms with Gasteiger partial charge in [0.2, 0.25) is 17.7 Å². The maximum Gasteiger partial charge on any atom is 0.328 e. The lowest BCUT2D eigenvalue weighted by atomic mass is 10.1. The Morgan fingerprint density at radius 3 is 2.26 bits per heavy atom. The van der Waals surface area contributed by atoms with Crippen molar-refractivity contribution in [1.29, 1.82) is 0 Å². The van der Waals surface area contributed by atoms with Gasteiger partial charge in [-0.2, -0.15) is 11.8 Å². The summed E-state index contributed by atoms with van der Waals surface area (Å²) < 4.78 is 0. The number of H-pyrrole nitrogens is 1. The maximum atomic E-state index is 13.1. The van der Waals surface area contributed by atoms with E-state index in [-0.39, 0.29) is 12.8 Å². The smallest absolute Gasteiger partial charge is 0.328 e. The summed E-state index contributed by atoms with van der Waals surface area (Å²) in [4.78, 5) is 56.3. The average Bonchev–Trinajstić information content (AvgIpc) is 3.32. The fourth-order valence-electron chi connectivity index (χ4n) is 2.97. The molecule has 0 radical (unpaired) electrons. The molecule has 0 aliphatic rings. The van der Waals surface area contributed by atoms with Gasteiger partial charge in [0.25, 0.3) is 0 Å². The van der Waals surface area contributed by atoms with E-state index < -0.39 is 54.5 Å². The van der Waals surface area contributed by atoms with Gasteiger partial charge in [0.15, 0.2) is 0 Å². The van der Waals surface area contributed by atoms with Crippen LogP contribution < -0.4 is 27.4 Å². The number of imidazole rings is 1. The molecule has 1 rings (SSSR count). The molecule has 1 aromatic rings. The largest absolute Gasteiger partial charge is 0.480 e. The molecule has 10 N–H and O–H groups in total. The van der Waals surface area contributed by atoms with E-state index in [9.17, 15) is 24.3 Å². The van der Waals surface area contributed by atoms with Crippen molar-refractivity contribution in [3.8, 4) is 0 Å². The standard InChI is InChI=1S/C20H35N7O6S/c1-34-7-5-13(22)17(29)26-15(8-12-9-23-11-24-12)19(31)25-14(4-2-3-6-21)18(30)27-16(10-28)20(32)33/h9,11,13-16,28H,2-8,10,21-22H2,1H3,(H,23,24)(H,25,31)(H,26,29)(H,27,30)(H,32,33). The molecular weight excluding hydrogens is 466 g/mol. The summed E-state index contributed by atoms with van der Waals surface area (Å²) in [5.41, 5.74) is 12.0. The molecule has 1 aromatic heterocycles. The van der Waals surface area contributed by atoms with Gasteiger partial charge < -0.3 is 42.6 Å². The van der Waals surface area contributed by atoms with Crippen molar-refractivity contribution in [2.24, 2.45) is 11.5 Å². The predicted octanol–water partition coefficient (Wildman–Crippen LogP) is -2.31.